The number of hydrogen-bond acceptors (Lipinski definition) is 4. The molecule has 1 aromatic carbocycles. The minimum Gasteiger partial charge on any atom is -0.383 e. The molecule has 1 aliphatic carbocycles. The summed E-state index contributed by atoms with van der Waals surface area (Å²) in [5.74, 6) is 4.74. The van der Waals surface area contributed by atoms with Crippen molar-refractivity contribution in [2.75, 3.05) is 25.9 Å². The summed E-state index contributed by atoms with van der Waals surface area (Å²) in [5.41, 5.74) is 6.24. The van der Waals surface area contributed by atoms with E-state index in [1.807, 2.05) is 0 Å². The van der Waals surface area contributed by atoms with Crippen molar-refractivity contribution in [3.8, 4) is 23.1 Å². The number of alkyl halides is 3. The number of hydrogen-bond donors (Lipinski definition) is 2. The van der Waals surface area contributed by atoms with Crippen LogP contribution in [0.25, 0.3) is 11.3 Å². The Bertz CT molecular complexity index is 1150. The number of nitrogen functional groups attached to an aromatic ring is 1. The first kappa shape index (κ1) is 25.1. The number of aromatic nitrogens is 2. The predicted molar refractivity (Wildman–Crippen MR) is 123 cm³/mol. The Morgan fingerprint density at radius 3 is 2.44 bits per heavy atom. The Morgan fingerprint density at radius 2 is 1.88 bits per heavy atom. The molecule has 0 atom stereocenters. The Hall–Kier alpha value is -3.48. The van der Waals surface area contributed by atoms with E-state index in [-0.39, 0.29) is 41.9 Å². The van der Waals surface area contributed by atoms with Gasteiger partial charge in [-0.1, -0.05) is 25.5 Å². The molecule has 2 aliphatic rings. The van der Waals surface area contributed by atoms with Crippen molar-refractivity contribution in [1.29, 1.82) is 0 Å². The standard InChI is InChI=1S/C23H24F3N5O2.CH4/c1-3-4-17(32)30-10-9-22(13-30)11-16(12-22)31-20(27)18(21(33)28-2)19(29-31)14-5-7-15(8-6-14)23(24,25)26;/h5-8,16H,9-13,27H2,1-2H3,(H,28,33);1H4. The lowest BCUT2D eigenvalue weighted by molar-refractivity contribution is -0.137. The van der Waals surface area contributed by atoms with E-state index in [2.05, 4.69) is 22.3 Å². The van der Waals surface area contributed by atoms with Gasteiger partial charge in [0.2, 0.25) is 0 Å². The topological polar surface area (TPSA) is 93.2 Å². The van der Waals surface area contributed by atoms with E-state index in [0.717, 1.165) is 31.4 Å². The van der Waals surface area contributed by atoms with E-state index in [1.165, 1.54) is 19.2 Å². The second-order valence-electron chi connectivity index (χ2n) is 8.62. The van der Waals surface area contributed by atoms with E-state index >= 15 is 0 Å². The Kier molecular flexibility index (Phi) is 6.69. The molecule has 2 heterocycles. The van der Waals surface area contributed by atoms with E-state index in [1.54, 1.807) is 16.5 Å². The number of anilines is 1. The molecule has 0 unspecified atom stereocenters. The summed E-state index contributed by atoms with van der Waals surface area (Å²) in [4.78, 5) is 26.4. The normalized spacial score (nSPS) is 21.3. The van der Waals surface area contributed by atoms with Crippen LogP contribution in [0.5, 0.6) is 0 Å². The fourth-order valence-corrected chi connectivity index (χ4v) is 4.83. The summed E-state index contributed by atoms with van der Waals surface area (Å²) in [6, 6.07) is 4.43. The maximum atomic E-state index is 12.9. The molecule has 1 aromatic heterocycles. The SMILES string of the molecule is C.CC#CC(=O)N1CCC2(CC(n3nc(-c4ccc(C(F)(F)F)cc4)c(C(=O)NC)c3N)C2)C1. The van der Waals surface area contributed by atoms with Gasteiger partial charge in [0.1, 0.15) is 17.1 Å². The van der Waals surface area contributed by atoms with Crippen molar-refractivity contribution in [2.24, 2.45) is 5.41 Å². The fourth-order valence-electron chi connectivity index (χ4n) is 4.83. The molecule has 34 heavy (non-hydrogen) atoms. The van der Waals surface area contributed by atoms with Crippen LogP contribution in [-0.4, -0.2) is 46.6 Å². The van der Waals surface area contributed by atoms with Crippen LogP contribution < -0.4 is 11.1 Å². The van der Waals surface area contributed by atoms with Crippen LogP contribution in [0.2, 0.25) is 0 Å². The first-order chi connectivity index (χ1) is 15.6. The zero-order valence-electron chi connectivity index (χ0n) is 18.3. The van der Waals surface area contributed by atoms with Gasteiger partial charge in [0.25, 0.3) is 11.8 Å². The van der Waals surface area contributed by atoms with Crippen LogP contribution in [0, 0.1) is 17.3 Å². The molecule has 1 spiro atoms. The minimum absolute atomic E-state index is 0. The highest BCUT2D eigenvalue weighted by Gasteiger charge is 2.51. The number of amides is 2. The Morgan fingerprint density at radius 1 is 1.24 bits per heavy atom. The van der Waals surface area contributed by atoms with E-state index in [4.69, 9.17) is 5.73 Å². The second-order valence-corrected chi connectivity index (χ2v) is 8.62. The van der Waals surface area contributed by atoms with E-state index in [0.29, 0.717) is 18.7 Å². The number of nitrogens with one attached hydrogen (secondary N) is 1. The first-order valence-corrected chi connectivity index (χ1v) is 10.6. The molecule has 3 N–H and O–H groups in total. The Labute approximate surface area is 196 Å². The molecule has 10 heteroatoms. The van der Waals surface area contributed by atoms with Gasteiger partial charge < -0.3 is 16.0 Å². The average molecular weight is 476 g/mol. The third kappa shape index (κ3) is 4.34. The molecule has 2 fully saturated rings. The van der Waals surface area contributed by atoms with Crippen LogP contribution >= 0.6 is 0 Å². The second kappa shape index (κ2) is 9.05. The molecule has 1 saturated heterocycles. The number of halogens is 3. The van der Waals surface area contributed by atoms with Gasteiger partial charge in [-0.2, -0.15) is 18.3 Å². The summed E-state index contributed by atoms with van der Waals surface area (Å²) in [7, 11) is 1.46. The van der Waals surface area contributed by atoms with Crippen molar-refractivity contribution in [1.82, 2.24) is 20.0 Å². The number of likely N-dealkylation sites (tertiary alicyclic amines) is 1. The monoisotopic (exact) mass is 475 g/mol. The highest BCUT2D eigenvalue weighted by Crippen LogP contribution is 2.54. The minimum atomic E-state index is -4.46. The van der Waals surface area contributed by atoms with Gasteiger partial charge in [-0.3, -0.25) is 9.59 Å². The lowest BCUT2D eigenvalue weighted by atomic mass is 9.65. The molecule has 182 valence electrons. The molecule has 1 saturated carbocycles. The van der Waals surface area contributed by atoms with Gasteiger partial charge in [-0.25, -0.2) is 4.68 Å². The molecule has 1 aliphatic heterocycles. The smallest absolute Gasteiger partial charge is 0.383 e. The van der Waals surface area contributed by atoms with Crippen molar-refractivity contribution < 1.29 is 22.8 Å². The van der Waals surface area contributed by atoms with Gasteiger partial charge >= 0.3 is 6.18 Å². The van der Waals surface area contributed by atoms with Crippen LogP contribution in [0.4, 0.5) is 19.0 Å². The Balaban J connectivity index is 0.00000324. The number of carbonyl (C=O) groups excluding carboxylic acids is 2. The van der Waals surface area contributed by atoms with E-state index in [9.17, 15) is 22.8 Å². The molecule has 4 rings (SSSR count). The fraction of sp³-hybridized carbons (Fsp3) is 0.458. The number of benzene rings is 1. The summed E-state index contributed by atoms with van der Waals surface area (Å²) in [6.45, 7) is 2.89. The first-order valence-electron chi connectivity index (χ1n) is 10.6. The number of nitrogens with two attached hydrogens (primary N) is 1. The van der Waals surface area contributed by atoms with Gasteiger partial charge in [-0.05, 0) is 49.7 Å². The third-order valence-corrected chi connectivity index (χ3v) is 6.53. The molecular weight excluding hydrogens is 447 g/mol. The molecule has 0 radical (unpaired) electrons. The number of rotatable bonds is 3. The molecule has 2 amide bonds. The van der Waals surface area contributed by atoms with Crippen LogP contribution in [-0.2, 0) is 11.0 Å². The zero-order chi connectivity index (χ0) is 24.0. The highest BCUT2D eigenvalue weighted by atomic mass is 19.4. The highest BCUT2D eigenvalue weighted by molar-refractivity contribution is 6.04. The summed E-state index contributed by atoms with van der Waals surface area (Å²) >= 11 is 0. The quantitative estimate of drug-likeness (QED) is 0.662. The molecule has 7 nitrogen and oxygen atoms in total. The van der Waals surface area contributed by atoms with E-state index < -0.39 is 17.6 Å². The predicted octanol–water partition coefficient (Wildman–Crippen LogP) is 3.72. The van der Waals surface area contributed by atoms with Crippen molar-refractivity contribution in [3.63, 3.8) is 0 Å². The molecule has 2 aromatic rings. The van der Waals surface area contributed by atoms with Crippen LogP contribution in [0.1, 0.15) is 55.6 Å². The summed E-state index contributed by atoms with van der Waals surface area (Å²) in [5, 5.41) is 7.07. The van der Waals surface area contributed by atoms with Gasteiger partial charge in [0.05, 0.1) is 11.6 Å². The van der Waals surface area contributed by atoms with Crippen molar-refractivity contribution in [2.45, 2.75) is 45.8 Å². The largest absolute Gasteiger partial charge is 0.416 e. The lowest BCUT2D eigenvalue weighted by Crippen LogP contribution is -2.42. The van der Waals surface area contributed by atoms with Crippen molar-refractivity contribution >= 4 is 17.6 Å². The lowest BCUT2D eigenvalue weighted by Gasteiger charge is -2.45. The van der Waals surface area contributed by atoms with Gasteiger partial charge in [0, 0.05) is 25.7 Å². The molecular formula is C24H28F3N5O2. The number of carbonyl (C=O) groups is 2. The van der Waals surface area contributed by atoms with Gasteiger partial charge in [0.15, 0.2) is 0 Å². The molecule has 0 bridgehead atoms. The summed E-state index contributed by atoms with van der Waals surface area (Å²) in [6.07, 6.45) is -2.13. The summed E-state index contributed by atoms with van der Waals surface area (Å²) < 4.78 is 40.4. The average Bonchev–Trinajstić information content (AvgIpc) is 3.34. The van der Waals surface area contributed by atoms with Crippen molar-refractivity contribution in [3.05, 3.63) is 35.4 Å². The zero-order valence-corrected chi connectivity index (χ0v) is 18.3. The third-order valence-electron chi connectivity index (χ3n) is 6.53. The maximum absolute atomic E-state index is 12.9. The van der Waals surface area contributed by atoms with Crippen LogP contribution in [0.15, 0.2) is 24.3 Å². The maximum Gasteiger partial charge on any atom is 0.416 e. The van der Waals surface area contributed by atoms with Gasteiger partial charge in [-0.15, -0.1) is 0 Å². The number of nitrogens with zero attached hydrogens (tertiary/aromatic N) is 3. The van der Waals surface area contributed by atoms with Crippen LogP contribution in [0.3, 0.4) is 0 Å².